The fourth-order valence-electron chi connectivity index (χ4n) is 1.25. The van der Waals surface area contributed by atoms with Crippen molar-refractivity contribution in [2.24, 2.45) is 0 Å². The lowest BCUT2D eigenvalue weighted by molar-refractivity contribution is -0.386. The molecule has 1 aromatic carbocycles. The molecule has 1 N–H and O–H groups in total. The van der Waals surface area contributed by atoms with E-state index in [-0.39, 0.29) is 6.29 Å². The van der Waals surface area contributed by atoms with Crippen LogP contribution in [0.5, 0.6) is 5.75 Å². The maximum absolute atomic E-state index is 12.1. The number of nitro benzene ring substituents is 1. The van der Waals surface area contributed by atoms with Gasteiger partial charge >= 0.3 is 18.3 Å². The first-order chi connectivity index (χ1) is 8.38. The molecule has 96 valence electrons. The van der Waals surface area contributed by atoms with Gasteiger partial charge in [-0.1, -0.05) is 0 Å². The van der Waals surface area contributed by atoms with E-state index in [4.69, 9.17) is 5.11 Å². The summed E-state index contributed by atoms with van der Waals surface area (Å²) in [5.41, 5.74) is -2.38. The number of carboxylic acids is 1. The van der Waals surface area contributed by atoms with Crippen molar-refractivity contribution in [1.82, 2.24) is 0 Å². The number of hydrogen-bond acceptors (Lipinski definition) is 5. The highest BCUT2D eigenvalue weighted by Gasteiger charge is 2.27. The Morgan fingerprint density at radius 2 is 2.11 bits per heavy atom. The Balaban J connectivity index is 3.55. The number of hydrogen-bond donors (Lipinski definition) is 1. The highest BCUT2D eigenvalue weighted by atomic mass is 19.3. The first kappa shape index (κ1) is 13.5. The molecule has 7 nitrogen and oxygen atoms in total. The average Bonchev–Trinajstić information content (AvgIpc) is 2.26. The molecule has 0 aliphatic carbocycles. The van der Waals surface area contributed by atoms with Crippen LogP contribution in [0, 0.1) is 10.1 Å². The molecule has 0 fully saturated rings. The van der Waals surface area contributed by atoms with Crippen LogP contribution in [0.15, 0.2) is 12.1 Å². The van der Waals surface area contributed by atoms with Gasteiger partial charge in [0.2, 0.25) is 5.75 Å². The molecule has 0 aliphatic rings. The molecule has 18 heavy (non-hydrogen) atoms. The Hall–Kier alpha value is -2.58. The van der Waals surface area contributed by atoms with E-state index in [1.165, 1.54) is 0 Å². The van der Waals surface area contributed by atoms with Gasteiger partial charge in [0.05, 0.1) is 16.1 Å². The maximum atomic E-state index is 12.1. The van der Waals surface area contributed by atoms with Crippen LogP contribution in [0.4, 0.5) is 14.5 Å². The van der Waals surface area contributed by atoms with Gasteiger partial charge < -0.3 is 9.84 Å². The predicted molar refractivity (Wildman–Crippen MR) is 52.1 cm³/mol. The summed E-state index contributed by atoms with van der Waals surface area (Å²) in [5, 5.41) is 19.3. The molecule has 0 saturated carbocycles. The number of nitrogens with zero attached hydrogens (tertiary/aromatic N) is 1. The summed E-state index contributed by atoms with van der Waals surface area (Å²) in [7, 11) is 0. The Bertz CT molecular complexity index is 516. The van der Waals surface area contributed by atoms with Crippen LogP contribution in [0.1, 0.15) is 20.7 Å². The van der Waals surface area contributed by atoms with Crippen molar-refractivity contribution < 1.29 is 33.1 Å². The molecule has 0 atom stereocenters. The number of nitro groups is 1. The Morgan fingerprint density at radius 3 is 2.50 bits per heavy atom. The van der Waals surface area contributed by atoms with Crippen molar-refractivity contribution in [3.05, 3.63) is 33.4 Å². The second kappa shape index (κ2) is 5.17. The fourth-order valence-corrected chi connectivity index (χ4v) is 1.25. The van der Waals surface area contributed by atoms with Crippen molar-refractivity contribution in [3.63, 3.8) is 0 Å². The van der Waals surface area contributed by atoms with Gasteiger partial charge in [-0.15, -0.1) is 0 Å². The number of ether oxygens (including phenoxy) is 1. The van der Waals surface area contributed by atoms with Crippen LogP contribution in [0.25, 0.3) is 0 Å². The second-order valence-electron chi connectivity index (χ2n) is 2.93. The van der Waals surface area contributed by atoms with Gasteiger partial charge in [-0.2, -0.15) is 8.78 Å². The Kier molecular flexibility index (Phi) is 3.87. The van der Waals surface area contributed by atoms with Crippen molar-refractivity contribution in [3.8, 4) is 5.75 Å². The molecule has 0 spiro atoms. The highest BCUT2D eigenvalue weighted by molar-refractivity contribution is 6.00. The van der Waals surface area contributed by atoms with E-state index in [0.29, 0.717) is 6.07 Å². The summed E-state index contributed by atoms with van der Waals surface area (Å²) in [4.78, 5) is 30.9. The third-order valence-electron chi connectivity index (χ3n) is 1.93. The van der Waals surface area contributed by atoms with E-state index >= 15 is 0 Å². The molecule has 0 amide bonds. The zero-order chi connectivity index (χ0) is 13.9. The molecular formula is C9H5F2NO6. The molecule has 9 heteroatoms. The van der Waals surface area contributed by atoms with Crippen LogP contribution >= 0.6 is 0 Å². The van der Waals surface area contributed by atoms with Crippen LogP contribution < -0.4 is 4.74 Å². The number of aldehydes is 1. The largest absolute Gasteiger partial charge is 0.478 e. The summed E-state index contributed by atoms with van der Waals surface area (Å²) in [6.45, 7) is -3.42. The second-order valence-corrected chi connectivity index (χ2v) is 2.93. The van der Waals surface area contributed by atoms with E-state index in [1.807, 2.05) is 0 Å². The van der Waals surface area contributed by atoms with Gasteiger partial charge in [0.1, 0.15) is 0 Å². The smallest absolute Gasteiger partial charge is 0.387 e. The molecule has 0 radical (unpaired) electrons. The Labute approximate surface area is 97.7 Å². The van der Waals surface area contributed by atoms with Crippen LogP contribution in [-0.2, 0) is 0 Å². The van der Waals surface area contributed by atoms with Gasteiger partial charge in [-0.25, -0.2) is 4.79 Å². The summed E-state index contributed by atoms with van der Waals surface area (Å²) < 4.78 is 28.1. The Morgan fingerprint density at radius 1 is 1.50 bits per heavy atom. The first-order valence-electron chi connectivity index (χ1n) is 4.33. The number of alkyl halides is 2. The molecule has 0 bridgehead atoms. The normalized spacial score (nSPS) is 10.2. The standard InChI is InChI=1S/C9H5F2NO6/c10-9(11)18-7-5(3-13)4(8(14)15)1-2-6(7)12(16)17/h1-3,9H,(H,14,15). The number of carboxylic acid groups (broad SMARTS) is 1. The first-order valence-corrected chi connectivity index (χ1v) is 4.33. The van der Waals surface area contributed by atoms with Crippen LogP contribution in [-0.4, -0.2) is 28.9 Å². The quantitative estimate of drug-likeness (QED) is 0.491. The van der Waals surface area contributed by atoms with E-state index in [1.54, 1.807) is 0 Å². The average molecular weight is 261 g/mol. The SMILES string of the molecule is O=Cc1c(C(=O)O)ccc([N+](=O)[O-])c1OC(F)F. The zero-order valence-electron chi connectivity index (χ0n) is 8.50. The third kappa shape index (κ3) is 2.56. The van der Waals surface area contributed by atoms with Crippen LogP contribution in [0.2, 0.25) is 0 Å². The van der Waals surface area contributed by atoms with Crippen molar-refractivity contribution in [2.75, 3.05) is 0 Å². The number of benzene rings is 1. The van der Waals surface area contributed by atoms with Gasteiger partial charge in [-0.05, 0) is 6.07 Å². The molecule has 0 saturated heterocycles. The zero-order valence-corrected chi connectivity index (χ0v) is 8.50. The maximum Gasteiger partial charge on any atom is 0.387 e. The van der Waals surface area contributed by atoms with E-state index in [0.717, 1.165) is 6.07 Å². The lowest BCUT2D eigenvalue weighted by atomic mass is 10.1. The summed E-state index contributed by atoms with van der Waals surface area (Å²) in [6, 6.07) is 1.44. The van der Waals surface area contributed by atoms with Crippen molar-refractivity contribution >= 4 is 17.9 Å². The highest BCUT2D eigenvalue weighted by Crippen LogP contribution is 2.33. The fraction of sp³-hybridized carbons (Fsp3) is 0.111. The molecule has 0 unspecified atom stereocenters. The predicted octanol–water partition coefficient (Wildman–Crippen LogP) is 1.71. The number of aromatic carboxylic acids is 1. The molecule has 1 aromatic rings. The van der Waals surface area contributed by atoms with E-state index in [9.17, 15) is 28.5 Å². The summed E-state index contributed by atoms with van der Waals surface area (Å²) in [6.07, 6.45) is -0.0891. The van der Waals surface area contributed by atoms with E-state index < -0.39 is 40.1 Å². The molecular weight excluding hydrogens is 256 g/mol. The van der Waals surface area contributed by atoms with Gasteiger partial charge in [0.15, 0.2) is 6.29 Å². The summed E-state index contributed by atoms with van der Waals surface area (Å²) >= 11 is 0. The monoisotopic (exact) mass is 261 g/mol. The minimum Gasteiger partial charge on any atom is -0.478 e. The molecule has 0 heterocycles. The molecule has 1 rings (SSSR count). The number of halogens is 2. The third-order valence-corrected chi connectivity index (χ3v) is 1.93. The minimum absolute atomic E-state index is 0.0891. The van der Waals surface area contributed by atoms with Gasteiger partial charge in [0, 0.05) is 6.07 Å². The number of rotatable bonds is 5. The number of carbonyl (C=O) groups excluding carboxylic acids is 1. The van der Waals surface area contributed by atoms with E-state index in [2.05, 4.69) is 4.74 Å². The van der Waals surface area contributed by atoms with Crippen LogP contribution in [0.3, 0.4) is 0 Å². The van der Waals surface area contributed by atoms with Gasteiger partial charge in [0.25, 0.3) is 0 Å². The van der Waals surface area contributed by atoms with Gasteiger partial charge in [-0.3, -0.25) is 14.9 Å². The minimum atomic E-state index is -3.42. The topological polar surface area (TPSA) is 107 Å². The van der Waals surface area contributed by atoms with Crippen molar-refractivity contribution in [1.29, 1.82) is 0 Å². The molecule has 0 aromatic heterocycles. The lowest BCUT2D eigenvalue weighted by Crippen LogP contribution is -2.11. The summed E-state index contributed by atoms with van der Waals surface area (Å²) in [5.74, 6) is -2.66. The van der Waals surface area contributed by atoms with Crippen molar-refractivity contribution in [2.45, 2.75) is 6.61 Å². The molecule has 0 aliphatic heterocycles. The number of carbonyl (C=O) groups is 2. The lowest BCUT2D eigenvalue weighted by Gasteiger charge is -2.09.